The molecule has 8 heteroatoms. The normalized spacial score (nSPS) is 11.4. The summed E-state index contributed by atoms with van der Waals surface area (Å²) in [5.74, 6) is 0.129. The number of thioether (sulfide) groups is 1. The van der Waals surface area contributed by atoms with Crippen molar-refractivity contribution in [2.24, 2.45) is 0 Å². The Bertz CT molecular complexity index is 922. The van der Waals surface area contributed by atoms with Crippen molar-refractivity contribution < 1.29 is 18.0 Å². The lowest BCUT2D eigenvalue weighted by Crippen LogP contribution is -2.13. The summed E-state index contributed by atoms with van der Waals surface area (Å²) in [5.41, 5.74) is 0.526. The van der Waals surface area contributed by atoms with E-state index in [-0.39, 0.29) is 11.4 Å². The van der Waals surface area contributed by atoms with Gasteiger partial charge < -0.3 is 5.32 Å². The average Bonchev–Trinajstić information content (AvgIpc) is 3.07. The molecule has 1 amide bonds. The van der Waals surface area contributed by atoms with Gasteiger partial charge in [0.2, 0.25) is 0 Å². The minimum absolute atomic E-state index is 0.160. The molecule has 3 rings (SSSR count). The lowest BCUT2D eigenvalue weighted by atomic mass is 10.0. The van der Waals surface area contributed by atoms with Crippen molar-refractivity contribution in [3.05, 3.63) is 71.4 Å². The van der Waals surface area contributed by atoms with Crippen molar-refractivity contribution in [1.29, 1.82) is 0 Å². The van der Waals surface area contributed by atoms with Crippen LogP contribution in [0.15, 0.2) is 54.6 Å². The Morgan fingerprint density at radius 3 is 2.37 bits per heavy atom. The number of carbonyl (C=O) groups excluding carboxylic acids is 1. The predicted octanol–water partition coefficient (Wildman–Crippen LogP) is 5.21. The fourth-order valence-electron chi connectivity index (χ4n) is 2.62. The molecule has 0 spiro atoms. The number of carbonyl (C=O) groups is 1. The minimum atomic E-state index is -4.62. The van der Waals surface area contributed by atoms with E-state index in [2.05, 4.69) is 10.4 Å². The third-order valence-electron chi connectivity index (χ3n) is 3.87. The highest BCUT2D eigenvalue weighted by atomic mass is 32.2. The third-order valence-corrected chi connectivity index (χ3v) is 4.49. The van der Waals surface area contributed by atoms with Crippen LogP contribution in [0.25, 0.3) is 11.1 Å². The molecule has 0 aliphatic heterocycles. The zero-order chi connectivity index (χ0) is 19.4. The summed E-state index contributed by atoms with van der Waals surface area (Å²) in [6, 6.07) is 14.9. The number of aromatic amines is 1. The number of aromatic nitrogens is 2. The van der Waals surface area contributed by atoms with Gasteiger partial charge in [0.05, 0.1) is 5.56 Å². The van der Waals surface area contributed by atoms with Crippen molar-refractivity contribution in [1.82, 2.24) is 10.2 Å². The zero-order valence-electron chi connectivity index (χ0n) is 14.3. The van der Waals surface area contributed by atoms with Crippen LogP contribution in [0.5, 0.6) is 0 Å². The Morgan fingerprint density at radius 2 is 1.78 bits per heavy atom. The molecule has 0 aliphatic rings. The highest BCUT2D eigenvalue weighted by molar-refractivity contribution is 7.97. The van der Waals surface area contributed by atoms with E-state index in [1.807, 2.05) is 23.5 Å². The summed E-state index contributed by atoms with van der Waals surface area (Å²) in [7, 11) is 0. The maximum absolute atomic E-state index is 13.3. The lowest BCUT2D eigenvalue weighted by Gasteiger charge is -2.10. The molecule has 4 nitrogen and oxygen atoms in total. The number of hydrogen-bond donors (Lipinski definition) is 2. The quantitative estimate of drug-likeness (QED) is 0.628. The molecular weight excluding hydrogens is 375 g/mol. The standard InChI is InChI=1S/C19H16F3N3OS/c1-27-11-12-7-9-14(10-8-12)18(26)23-17-15(13-5-3-2-4-6-13)16(24-25-17)19(20,21)22/h2-10H,11H2,1H3,(H2,23,24,25,26). The summed E-state index contributed by atoms with van der Waals surface area (Å²) >= 11 is 1.65. The molecule has 3 aromatic rings. The van der Waals surface area contributed by atoms with Crippen molar-refractivity contribution in [2.45, 2.75) is 11.9 Å². The molecule has 1 heterocycles. The van der Waals surface area contributed by atoms with Gasteiger partial charge in [-0.2, -0.15) is 30.0 Å². The summed E-state index contributed by atoms with van der Waals surface area (Å²) < 4.78 is 40.0. The molecule has 1 aromatic heterocycles. The second-order valence-electron chi connectivity index (χ2n) is 5.77. The van der Waals surface area contributed by atoms with Crippen LogP contribution in [0.3, 0.4) is 0 Å². The SMILES string of the molecule is CSCc1ccc(C(=O)Nc2n[nH]c(C(F)(F)F)c2-c2ccccc2)cc1. The van der Waals surface area contributed by atoms with Crippen molar-refractivity contribution in [3.8, 4) is 11.1 Å². The summed E-state index contributed by atoms with van der Waals surface area (Å²) in [4.78, 5) is 12.5. The smallest absolute Gasteiger partial charge is 0.305 e. The van der Waals surface area contributed by atoms with Crippen LogP contribution in [0.2, 0.25) is 0 Å². The molecule has 0 atom stereocenters. The minimum Gasteiger partial charge on any atom is -0.305 e. The van der Waals surface area contributed by atoms with E-state index in [9.17, 15) is 18.0 Å². The molecule has 140 valence electrons. The summed E-state index contributed by atoms with van der Waals surface area (Å²) in [6.07, 6.45) is -2.65. The first-order valence-corrected chi connectivity index (χ1v) is 9.39. The van der Waals surface area contributed by atoms with Gasteiger partial charge in [0, 0.05) is 11.3 Å². The zero-order valence-corrected chi connectivity index (χ0v) is 15.1. The van der Waals surface area contributed by atoms with Gasteiger partial charge >= 0.3 is 6.18 Å². The van der Waals surface area contributed by atoms with Crippen LogP contribution in [-0.4, -0.2) is 22.4 Å². The number of hydrogen-bond acceptors (Lipinski definition) is 3. The molecule has 0 saturated carbocycles. The van der Waals surface area contributed by atoms with Crippen LogP contribution in [0.1, 0.15) is 21.6 Å². The largest absolute Gasteiger partial charge is 0.433 e. The van der Waals surface area contributed by atoms with Gasteiger partial charge in [-0.05, 0) is 29.5 Å². The first kappa shape index (κ1) is 19.0. The van der Waals surface area contributed by atoms with E-state index in [4.69, 9.17) is 0 Å². The van der Waals surface area contributed by atoms with E-state index >= 15 is 0 Å². The van der Waals surface area contributed by atoms with Crippen molar-refractivity contribution >= 4 is 23.5 Å². The summed E-state index contributed by atoms with van der Waals surface area (Å²) in [6.45, 7) is 0. The van der Waals surface area contributed by atoms with Gasteiger partial charge in [-0.25, -0.2) is 0 Å². The van der Waals surface area contributed by atoms with Gasteiger partial charge in [-0.15, -0.1) is 0 Å². The number of H-pyrrole nitrogens is 1. The molecule has 0 radical (unpaired) electrons. The first-order chi connectivity index (χ1) is 12.9. The second kappa shape index (κ2) is 7.87. The Balaban J connectivity index is 1.93. The van der Waals surface area contributed by atoms with E-state index in [1.165, 1.54) is 12.1 Å². The highest BCUT2D eigenvalue weighted by Gasteiger charge is 2.38. The Kier molecular flexibility index (Phi) is 5.55. The van der Waals surface area contributed by atoms with E-state index in [1.54, 1.807) is 42.1 Å². The average molecular weight is 391 g/mol. The maximum atomic E-state index is 13.3. The van der Waals surface area contributed by atoms with E-state index in [0.29, 0.717) is 11.1 Å². The molecule has 0 unspecified atom stereocenters. The maximum Gasteiger partial charge on any atom is 0.433 e. The predicted molar refractivity (Wildman–Crippen MR) is 101 cm³/mol. The second-order valence-corrected chi connectivity index (χ2v) is 6.64. The lowest BCUT2D eigenvalue weighted by molar-refractivity contribution is -0.140. The highest BCUT2D eigenvalue weighted by Crippen LogP contribution is 2.39. The summed E-state index contributed by atoms with van der Waals surface area (Å²) in [5, 5.41) is 8.18. The van der Waals surface area contributed by atoms with Crippen molar-refractivity contribution in [2.75, 3.05) is 11.6 Å². The Morgan fingerprint density at radius 1 is 1.11 bits per heavy atom. The number of anilines is 1. The molecular formula is C19H16F3N3OS. The molecule has 0 saturated heterocycles. The topological polar surface area (TPSA) is 57.8 Å². The number of alkyl halides is 3. The number of benzene rings is 2. The van der Waals surface area contributed by atoms with Crippen LogP contribution in [-0.2, 0) is 11.9 Å². The Hall–Kier alpha value is -2.74. The number of rotatable bonds is 5. The fourth-order valence-corrected chi connectivity index (χ4v) is 3.15. The first-order valence-electron chi connectivity index (χ1n) is 8.00. The van der Waals surface area contributed by atoms with Gasteiger partial charge in [0.1, 0.15) is 5.69 Å². The van der Waals surface area contributed by atoms with Crippen LogP contribution in [0.4, 0.5) is 19.0 Å². The molecule has 0 fully saturated rings. The number of nitrogens with zero attached hydrogens (tertiary/aromatic N) is 1. The molecule has 0 aliphatic carbocycles. The van der Waals surface area contributed by atoms with Crippen LogP contribution in [0, 0.1) is 0 Å². The molecule has 27 heavy (non-hydrogen) atoms. The van der Waals surface area contributed by atoms with Crippen LogP contribution >= 0.6 is 11.8 Å². The Labute approximate surface area is 158 Å². The van der Waals surface area contributed by atoms with Crippen LogP contribution < -0.4 is 5.32 Å². The fraction of sp³-hybridized carbons (Fsp3) is 0.158. The van der Waals surface area contributed by atoms with Gasteiger partial charge in [0.15, 0.2) is 5.82 Å². The molecule has 2 N–H and O–H groups in total. The van der Waals surface area contributed by atoms with Gasteiger partial charge in [-0.1, -0.05) is 42.5 Å². The van der Waals surface area contributed by atoms with Gasteiger partial charge in [0.25, 0.3) is 5.91 Å². The monoisotopic (exact) mass is 391 g/mol. The van der Waals surface area contributed by atoms with Crippen molar-refractivity contribution in [3.63, 3.8) is 0 Å². The molecule has 2 aromatic carbocycles. The van der Waals surface area contributed by atoms with E-state index < -0.39 is 17.8 Å². The number of nitrogens with one attached hydrogen (secondary N) is 2. The van der Waals surface area contributed by atoms with E-state index in [0.717, 1.165) is 11.3 Å². The number of amides is 1. The molecule has 0 bridgehead atoms. The number of halogens is 3. The van der Waals surface area contributed by atoms with Gasteiger partial charge in [-0.3, -0.25) is 9.89 Å². The third kappa shape index (κ3) is 4.33.